The van der Waals surface area contributed by atoms with Crippen molar-refractivity contribution >= 4 is 0 Å². The van der Waals surface area contributed by atoms with Crippen LogP contribution in [0.2, 0.25) is 0 Å². The minimum Gasteiger partial charge on any atom is -0.306 e. The Morgan fingerprint density at radius 2 is 1.93 bits per heavy atom. The zero-order chi connectivity index (χ0) is 10.9. The second kappa shape index (κ2) is 4.45. The summed E-state index contributed by atoms with van der Waals surface area (Å²) in [6.45, 7) is 7.49. The Bertz CT molecular complexity index is 203. The maximum absolute atomic E-state index is 2.50. The number of piperidine rings is 1. The van der Waals surface area contributed by atoms with E-state index in [9.17, 15) is 0 Å². The maximum Gasteiger partial charge on any atom is -0.00165 e. The molecule has 1 heterocycles. The summed E-state index contributed by atoms with van der Waals surface area (Å²) in [5.41, 5.74) is 0.764. The van der Waals surface area contributed by atoms with E-state index in [1.54, 1.807) is 0 Å². The van der Waals surface area contributed by atoms with Crippen LogP contribution < -0.4 is 0 Å². The first-order chi connectivity index (χ1) is 7.15. The molecular weight excluding hydrogens is 182 g/mol. The molecule has 0 amide bonds. The van der Waals surface area contributed by atoms with Crippen LogP contribution in [-0.2, 0) is 0 Å². The summed E-state index contributed by atoms with van der Waals surface area (Å²) in [6.07, 6.45) is 8.89. The van der Waals surface area contributed by atoms with E-state index in [1.807, 2.05) is 0 Å². The van der Waals surface area contributed by atoms with Crippen molar-refractivity contribution in [2.45, 2.75) is 52.4 Å². The normalized spacial score (nSPS) is 33.4. The van der Waals surface area contributed by atoms with E-state index in [0.717, 1.165) is 17.3 Å². The molecule has 15 heavy (non-hydrogen) atoms. The second-order valence-electron chi connectivity index (χ2n) is 6.19. The van der Waals surface area contributed by atoms with Crippen molar-refractivity contribution in [3.05, 3.63) is 0 Å². The van der Waals surface area contributed by atoms with Crippen molar-refractivity contribution in [3.63, 3.8) is 0 Å². The van der Waals surface area contributed by atoms with E-state index >= 15 is 0 Å². The van der Waals surface area contributed by atoms with Crippen LogP contribution in [0, 0.1) is 17.3 Å². The molecule has 1 saturated heterocycles. The highest BCUT2D eigenvalue weighted by molar-refractivity contribution is 4.93. The fourth-order valence-electron chi connectivity index (χ4n) is 3.62. The van der Waals surface area contributed by atoms with Crippen molar-refractivity contribution in [1.82, 2.24) is 4.90 Å². The Kier molecular flexibility index (Phi) is 3.39. The van der Waals surface area contributed by atoms with E-state index in [4.69, 9.17) is 0 Å². The Morgan fingerprint density at radius 3 is 2.53 bits per heavy atom. The Balaban J connectivity index is 1.91. The van der Waals surface area contributed by atoms with E-state index < -0.39 is 0 Å². The summed E-state index contributed by atoms with van der Waals surface area (Å²) >= 11 is 0. The number of rotatable bonds is 2. The molecule has 1 aliphatic heterocycles. The van der Waals surface area contributed by atoms with Gasteiger partial charge in [0.05, 0.1) is 0 Å². The predicted molar refractivity (Wildman–Crippen MR) is 66.0 cm³/mol. The average molecular weight is 209 g/mol. The van der Waals surface area contributed by atoms with Crippen LogP contribution in [0.3, 0.4) is 0 Å². The van der Waals surface area contributed by atoms with Gasteiger partial charge >= 0.3 is 0 Å². The molecule has 1 heteroatoms. The second-order valence-corrected chi connectivity index (χ2v) is 6.19. The molecule has 0 aromatic heterocycles. The summed E-state index contributed by atoms with van der Waals surface area (Å²) in [7, 11) is 2.27. The van der Waals surface area contributed by atoms with Crippen LogP contribution in [-0.4, -0.2) is 25.0 Å². The fourth-order valence-corrected chi connectivity index (χ4v) is 3.62. The van der Waals surface area contributed by atoms with Crippen molar-refractivity contribution in [2.24, 2.45) is 17.3 Å². The molecule has 1 saturated carbocycles. The lowest BCUT2D eigenvalue weighted by atomic mass is 9.75. The molecular formula is C14H27N. The Morgan fingerprint density at radius 1 is 1.27 bits per heavy atom. The van der Waals surface area contributed by atoms with Gasteiger partial charge in [0.1, 0.15) is 0 Å². The monoisotopic (exact) mass is 209 g/mol. The van der Waals surface area contributed by atoms with E-state index in [1.165, 1.54) is 51.6 Å². The third-order valence-corrected chi connectivity index (χ3v) is 5.24. The lowest BCUT2D eigenvalue weighted by Crippen LogP contribution is -2.36. The van der Waals surface area contributed by atoms with Gasteiger partial charge in [0.15, 0.2) is 0 Å². The van der Waals surface area contributed by atoms with Gasteiger partial charge in [-0.2, -0.15) is 0 Å². The molecule has 88 valence electrons. The first kappa shape index (κ1) is 11.4. The first-order valence-electron chi connectivity index (χ1n) is 6.84. The molecule has 0 aromatic carbocycles. The maximum atomic E-state index is 2.50. The topological polar surface area (TPSA) is 3.24 Å². The van der Waals surface area contributed by atoms with Gasteiger partial charge in [0, 0.05) is 0 Å². The summed E-state index contributed by atoms with van der Waals surface area (Å²) < 4.78 is 0. The summed E-state index contributed by atoms with van der Waals surface area (Å²) in [5, 5.41) is 0. The lowest BCUT2D eigenvalue weighted by molar-refractivity contribution is 0.119. The van der Waals surface area contributed by atoms with Gasteiger partial charge in [-0.1, -0.05) is 20.3 Å². The molecule has 0 N–H and O–H groups in total. The molecule has 2 aliphatic rings. The third-order valence-electron chi connectivity index (χ3n) is 5.24. The molecule has 2 atom stereocenters. The van der Waals surface area contributed by atoms with Gasteiger partial charge < -0.3 is 4.90 Å². The highest BCUT2D eigenvalue weighted by atomic mass is 15.1. The molecule has 2 fully saturated rings. The SMILES string of the molecule is CCC(C)C1CCC2(CCN(C)CC2)C1. The summed E-state index contributed by atoms with van der Waals surface area (Å²) in [4.78, 5) is 2.50. The molecule has 0 bridgehead atoms. The van der Waals surface area contributed by atoms with Crippen molar-refractivity contribution in [3.8, 4) is 0 Å². The Labute approximate surface area is 95.2 Å². The number of hydrogen-bond donors (Lipinski definition) is 0. The van der Waals surface area contributed by atoms with Crippen LogP contribution in [0.1, 0.15) is 52.4 Å². The Hall–Kier alpha value is -0.0400. The standard InChI is InChI=1S/C14H27N/c1-4-12(2)13-5-6-14(11-13)7-9-15(3)10-8-14/h12-13H,4-11H2,1-3H3. The molecule has 2 rings (SSSR count). The highest BCUT2D eigenvalue weighted by Crippen LogP contribution is 2.51. The minimum absolute atomic E-state index is 0.764. The number of hydrogen-bond acceptors (Lipinski definition) is 1. The molecule has 1 spiro atoms. The summed E-state index contributed by atoms with van der Waals surface area (Å²) in [6, 6.07) is 0. The smallest absolute Gasteiger partial charge is 0.00165 e. The van der Waals surface area contributed by atoms with Gasteiger partial charge in [0.25, 0.3) is 0 Å². The number of nitrogens with zero attached hydrogens (tertiary/aromatic N) is 1. The van der Waals surface area contributed by atoms with Crippen molar-refractivity contribution < 1.29 is 0 Å². The van der Waals surface area contributed by atoms with Crippen LogP contribution in [0.15, 0.2) is 0 Å². The van der Waals surface area contributed by atoms with E-state index in [-0.39, 0.29) is 0 Å². The van der Waals surface area contributed by atoms with Crippen molar-refractivity contribution in [2.75, 3.05) is 20.1 Å². The average Bonchev–Trinajstić information content (AvgIpc) is 2.66. The van der Waals surface area contributed by atoms with Gasteiger partial charge in [-0.15, -0.1) is 0 Å². The zero-order valence-electron chi connectivity index (χ0n) is 10.8. The lowest BCUT2D eigenvalue weighted by Gasteiger charge is -2.38. The molecule has 2 unspecified atom stereocenters. The van der Waals surface area contributed by atoms with Gasteiger partial charge in [-0.25, -0.2) is 0 Å². The minimum atomic E-state index is 0.764. The molecule has 0 aromatic rings. The van der Waals surface area contributed by atoms with Crippen molar-refractivity contribution in [1.29, 1.82) is 0 Å². The predicted octanol–water partition coefficient (Wildman–Crippen LogP) is 3.54. The van der Waals surface area contributed by atoms with Crippen LogP contribution >= 0.6 is 0 Å². The quantitative estimate of drug-likeness (QED) is 0.672. The molecule has 0 radical (unpaired) electrons. The van der Waals surface area contributed by atoms with E-state index in [2.05, 4.69) is 25.8 Å². The fraction of sp³-hybridized carbons (Fsp3) is 1.00. The highest BCUT2D eigenvalue weighted by Gasteiger charge is 2.41. The first-order valence-corrected chi connectivity index (χ1v) is 6.84. The van der Waals surface area contributed by atoms with Crippen LogP contribution in [0.4, 0.5) is 0 Å². The molecule has 1 aliphatic carbocycles. The van der Waals surface area contributed by atoms with Crippen LogP contribution in [0.5, 0.6) is 0 Å². The largest absolute Gasteiger partial charge is 0.306 e. The van der Waals surface area contributed by atoms with Gasteiger partial charge in [0.2, 0.25) is 0 Å². The van der Waals surface area contributed by atoms with Gasteiger partial charge in [-0.05, 0) is 69.5 Å². The van der Waals surface area contributed by atoms with Gasteiger partial charge in [-0.3, -0.25) is 0 Å². The zero-order valence-corrected chi connectivity index (χ0v) is 10.8. The third kappa shape index (κ3) is 2.38. The number of likely N-dealkylation sites (tertiary alicyclic amines) is 1. The van der Waals surface area contributed by atoms with E-state index in [0.29, 0.717) is 0 Å². The van der Waals surface area contributed by atoms with Crippen LogP contribution in [0.25, 0.3) is 0 Å². The molecule has 1 nitrogen and oxygen atoms in total. The summed E-state index contributed by atoms with van der Waals surface area (Å²) in [5.74, 6) is 2.00.